The number of rotatable bonds is 1. The maximum atomic E-state index is 11.4. The summed E-state index contributed by atoms with van der Waals surface area (Å²) in [5.41, 5.74) is 0. The third-order valence-electron chi connectivity index (χ3n) is 3.70. The highest BCUT2D eigenvalue weighted by Gasteiger charge is 2.43. The van der Waals surface area contributed by atoms with Crippen molar-refractivity contribution in [3.8, 4) is 0 Å². The largest absolute Gasteiger partial charge is 0.393 e. The first-order chi connectivity index (χ1) is 6.99. The number of sulfone groups is 1. The third-order valence-corrected chi connectivity index (χ3v) is 5.44. The summed E-state index contributed by atoms with van der Waals surface area (Å²) in [5.74, 6) is -0.340. The molecular formula is C10H18O4S. The maximum absolute atomic E-state index is 11.4. The van der Waals surface area contributed by atoms with E-state index in [-0.39, 0.29) is 23.3 Å². The first-order valence-corrected chi connectivity index (χ1v) is 7.38. The van der Waals surface area contributed by atoms with E-state index in [9.17, 15) is 18.6 Å². The molecule has 2 rings (SSSR count). The predicted molar refractivity (Wildman–Crippen MR) is 56.1 cm³/mol. The molecule has 0 bridgehead atoms. The summed E-state index contributed by atoms with van der Waals surface area (Å²) in [7, 11) is -3.08. The Hall–Kier alpha value is -0.130. The zero-order valence-corrected chi connectivity index (χ0v) is 9.49. The van der Waals surface area contributed by atoms with E-state index in [1.165, 1.54) is 0 Å². The van der Waals surface area contributed by atoms with Gasteiger partial charge in [0.05, 0.1) is 23.7 Å². The zero-order chi connectivity index (χ0) is 11.1. The minimum atomic E-state index is -3.08. The van der Waals surface area contributed by atoms with Gasteiger partial charge in [0.25, 0.3) is 0 Å². The Morgan fingerprint density at radius 3 is 2.07 bits per heavy atom. The second-order valence-electron chi connectivity index (χ2n) is 4.82. The second-order valence-corrected chi connectivity index (χ2v) is 6.98. The van der Waals surface area contributed by atoms with Crippen LogP contribution in [0.3, 0.4) is 0 Å². The van der Waals surface area contributed by atoms with E-state index in [1.807, 2.05) is 0 Å². The Bertz CT molecular complexity index is 324. The van der Waals surface area contributed by atoms with Crippen LogP contribution in [0.2, 0.25) is 0 Å². The second kappa shape index (κ2) is 4.03. The Balaban J connectivity index is 2.10. The highest BCUT2D eigenvalue weighted by atomic mass is 32.2. The lowest BCUT2D eigenvalue weighted by Crippen LogP contribution is -2.36. The molecule has 0 aromatic rings. The van der Waals surface area contributed by atoms with Crippen molar-refractivity contribution in [3.05, 3.63) is 0 Å². The monoisotopic (exact) mass is 234 g/mol. The highest BCUT2D eigenvalue weighted by Crippen LogP contribution is 2.36. The van der Waals surface area contributed by atoms with Crippen molar-refractivity contribution in [3.63, 3.8) is 0 Å². The minimum Gasteiger partial charge on any atom is -0.393 e. The molecule has 0 aromatic heterocycles. The van der Waals surface area contributed by atoms with Crippen LogP contribution >= 0.6 is 0 Å². The van der Waals surface area contributed by atoms with Gasteiger partial charge in [-0.3, -0.25) is 0 Å². The van der Waals surface area contributed by atoms with Crippen LogP contribution in [-0.4, -0.2) is 42.3 Å². The van der Waals surface area contributed by atoms with Crippen LogP contribution in [0.1, 0.15) is 25.7 Å². The fourth-order valence-corrected chi connectivity index (χ4v) is 4.86. The molecule has 4 unspecified atom stereocenters. The van der Waals surface area contributed by atoms with Gasteiger partial charge in [0, 0.05) is 5.92 Å². The molecule has 4 atom stereocenters. The van der Waals surface area contributed by atoms with Crippen molar-refractivity contribution in [2.24, 2.45) is 11.8 Å². The van der Waals surface area contributed by atoms with E-state index in [1.54, 1.807) is 0 Å². The van der Waals surface area contributed by atoms with Crippen LogP contribution in [0.25, 0.3) is 0 Å². The summed E-state index contributed by atoms with van der Waals surface area (Å²) < 4.78 is 22.7. The molecule has 15 heavy (non-hydrogen) atoms. The lowest BCUT2D eigenvalue weighted by atomic mass is 9.77. The van der Waals surface area contributed by atoms with E-state index >= 15 is 0 Å². The molecule has 1 aliphatic heterocycles. The average Bonchev–Trinajstić information content (AvgIpc) is 2.40. The lowest BCUT2D eigenvalue weighted by Gasteiger charge is -2.33. The van der Waals surface area contributed by atoms with Crippen molar-refractivity contribution >= 4 is 9.84 Å². The van der Waals surface area contributed by atoms with Gasteiger partial charge < -0.3 is 10.2 Å². The zero-order valence-electron chi connectivity index (χ0n) is 8.67. The van der Waals surface area contributed by atoms with Gasteiger partial charge in [-0.1, -0.05) is 12.8 Å². The fourth-order valence-electron chi connectivity index (χ4n) is 2.90. The summed E-state index contributed by atoms with van der Waals surface area (Å²) in [4.78, 5) is 0. The summed E-state index contributed by atoms with van der Waals surface area (Å²) >= 11 is 0. The molecule has 1 saturated heterocycles. The summed E-state index contributed by atoms with van der Waals surface area (Å²) in [6, 6.07) is 0. The number of aliphatic hydroxyl groups is 2. The molecule has 0 spiro atoms. The molecule has 2 aliphatic rings. The number of hydrogen-bond donors (Lipinski definition) is 2. The molecule has 1 heterocycles. The van der Waals surface area contributed by atoms with E-state index in [0.717, 1.165) is 25.7 Å². The van der Waals surface area contributed by atoms with Gasteiger partial charge in [-0.2, -0.15) is 0 Å². The normalized spacial score (nSPS) is 45.5. The van der Waals surface area contributed by atoms with Crippen molar-refractivity contribution in [2.75, 3.05) is 11.5 Å². The van der Waals surface area contributed by atoms with Crippen LogP contribution < -0.4 is 0 Å². The highest BCUT2D eigenvalue weighted by molar-refractivity contribution is 7.91. The van der Waals surface area contributed by atoms with Crippen LogP contribution in [-0.2, 0) is 9.84 Å². The molecule has 2 fully saturated rings. The molecule has 0 radical (unpaired) electrons. The Morgan fingerprint density at radius 2 is 1.53 bits per heavy atom. The SMILES string of the molecule is O=S1(=O)CC(O)C(C2CCCCC2O)C1. The van der Waals surface area contributed by atoms with Gasteiger partial charge in [-0.05, 0) is 18.8 Å². The standard InChI is InChI=1S/C10H18O4S/c11-9-4-2-1-3-7(9)8-5-15(13,14)6-10(8)12/h7-12H,1-6H2. The molecule has 1 saturated carbocycles. The first kappa shape index (κ1) is 11.4. The van der Waals surface area contributed by atoms with Crippen LogP contribution in [0, 0.1) is 11.8 Å². The van der Waals surface area contributed by atoms with E-state index < -0.39 is 22.0 Å². The van der Waals surface area contributed by atoms with Crippen LogP contribution in [0.4, 0.5) is 0 Å². The van der Waals surface area contributed by atoms with E-state index in [0.29, 0.717) is 0 Å². The third kappa shape index (κ3) is 2.34. The smallest absolute Gasteiger partial charge is 0.153 e. The molecule has 0 aromatic carbocycles. The number of aliphatic hydroxyl groups excluding tert-OH is 2. The van der Waals surface area contributed by atoms with Crippen molar-refractivity contribution in [2.45, 2.75) is 37.9 Å². The Labute approximate surface area is 90.2 Å². The summed E-state index contributed by atoms with van der Waals surface area (Å²) in [6.45, 7) is 0. The van der Waals surface area contributed by atoms with Gasteiger partial charge >= 0.3 is 0 Å². The Kier molecular flexibility index (Phi) is 3.05. The first-order valence-electron chi connectivity index (χ1n) is 5.56. The van der Waals surface area contributed by atoms with Gasteiger partial charge in [-0.15, -0.1) is 0 Å². The quantitative estimate of drug-likeness (QED) is 0.666. The van der Waals surface area contributed by atoms with Gasteiger partial charge in [0.1, 0.15) is 0 Å². The van der Waals surface area contributed by atoms with E-state index in [2.05, 4.69) is 0 Å². The van der Waals surface area contributed by atoms with Gasteiger partial charge in [0.15, 0.2) is 9.84 Å². The van der Waals surface area contributed by atoms with Gasteiger partial charge in [-0.25, -0.2) is 8.42 Å². The Morgan fingerprint density at radius 1 is 0.867 bits per heavy atom. The molecule has 2 N–H and O–H groups in total. The fraction of sp³-hybridized carbons (Fsp3) is 1.00. The average molecular weight is 234 g/mol. The lowest BCUT2D eigenvalue weighted by molar-refractivity contribution is 0.00537. The van der Waals surface area contributed by atoms with Crippen molar-refractivity contribution in [1.82, 2.24) is 0 Å². The molecule has 0 amide bonds. The summed E-state index contributed by atoms with van der Waals surface area (Å²) in [5, 5.41) is 19.5. The number of hydrogen-bond acceptors (Lipinski definition) is 4. The van der Waals surface area contributed by atoms with Crippen LogP contribution in [0.15, 0.2) is 0 Å². The molecule has 5 heteroatoms. The topological polar surface area (TPSA) is 74.6 Å². The summed E-state index contributed by atoms with van der Waals surface area (Å²) in [6.07, 6.45) is 2.43. The van der Waals surface area contributed by atoms with Crippen molar-refractivity contribution < 1.29 is 18.6 Å². The van der Waals surface area contributed by atoms with Crippen molar-refractivity contribution in [1.29, 1.82) is 0 Å². The van der Waals surface area contributed by atoms with Crippen LogP contribution in [0.5, 0.6) is 0 Å². The predicted octanol–water partition coefficient (Wildman–Crippen LogP) is -0.0570. The maximum Gasteiger partial charge on any atom is 0.153 e. The van der Waals surface area contributed by atoms with Gasteiger partial charge in [0.2, 0.25) is 0 Å². The molecule has 88 valence electrons. The minimum absolute atomic E-state index is 0.0222. The molecule has 4 nitrogen and oxygen atoms in total. The molecule has 1 aliphatic carbocycles. The van der Waals surface area contributed by atoms with E-state index in [4.69, 9.17) is 0 Å². The molecular weight excluding hydrogens is 216 g/mol.